The van der Waals surface area contributed by atoms with Gasteiger partial charge in [-0.1, -0.05) is 12.1 Å². The first-order chi connectivity index (χ1) is 12.5. The van der Waals surface area contributed by atoms with Gasteiger partial charge in [-0.15, -0.1) is 0 Å². The molecule has 3 aromatic rings. The van der Waals surface area contributed by atoms with Crippen LogP contribution in [0, 0.1) is 23.2 Å². The zero-order valence-corrected chi connectivity index (χ0v) is 16.5. The first-order valence-corrected chi connectivity index (χ1v) is 9.08. The van der Waals surface area contributed by atoms with E-state index in [2.05, 4.69) is 62.0 Å². The van der Waals surface area contributed by atoms with E-state index < -0.39 is 11.7 Å². The normalized spacial score (nSPS) is 11.1. The summed E-state index contributed by atoms with van der Waals surface area (Å²) >= 11 is 2.27. The lowest BCUT2D eigenvalue weighted by Gasteiger charge is -2.09. The van der Waals surface area contributed by atoms with Crippen molar-refractivity contribution in [3.8, 4) is 5.69 Å². The maximum absolute atomic E-state index is 13.6. The van der Waals surface area contributed by atoms with Crippen molar-refractivity contribution < 1.29 is 9.18 Å². The van der Waals surface area contributed by atoms with Crippen molar-refractivity contribution in [2.75, 3.05) is 0 Å². The monoisotopic (exact) mass is 461 g/mol. The highest BCUT2D eigenvalue weighted by atomic mass is 127. The van der Waals surface area contributed by atoms with Crippen molar-refractivity contribution in [2.24, 2.45) is 5.10 Å². The molecule has 0 unspecified atom stereocenters. The summed E-state index contributed by atoms with van der Waals surface area (Å²) in [6, 6.07) is 16.0. The second-order valence-corrected chi connectivity index (χ2v) is 7.06. The van der Waals surface area contributed by atoms with Crippen LogP contribution in [0.4, 0.5) is 4.39 Å². The van der Waals surface area contributed by atoms with Gasteiger partial charge >= 0.3 is 0 Å². The molecule has 0 spiro atoms. The Labute approximate surface area is 164 Å². The quantitative estimate of drug-likeness (QED) is 0.345. The third-order valence-corrected chi connectivity index (χ3v) is 4.76. The summed E-state index contributed by atoms with van der Waals surface area (Å²) < 4.78 is 16.9. The van der Waals surface area contributed by atoms with E-state index >= 15 is 0 Å². The van der Waals surface area contributed by atoms with Crippen LogP contribution in [0.25, 0.3) is 5.69 Å². The molecular weight excluding hydrogens is 444 g/mol. The zero-order chi connectivity index (χ0) is 18.7. The van der Waals surface area contributed by atoms with Gasteiger partial charge in [0, 0.05) is 26.2 Å². The van der Waals surface area contributed by atoms with Crippen LogP contribution < -0.4 is 5.43 Å². The van der Waals surface area contributed by atoms with Crippen LogP contribution >= 0.6 is 22.6 Å². The summed E-state index contributed by atoms with van der Waals surface area (Å²) in [5, 5.41) is 3.98. The largest absolute Gasteiger partial charge is 0.318 e. The molecular formula is C20H17FIN3O. The van der Waals surface area contributed by atoms with E-state index in [1.54, 1.807) is 12.3 Å². The van der Waals surface area contributed by atoms with Gasteiger partial charge in [0.05, 0.1) is 11.8 Å². The van der Waals surface area contributed by atoms with E-state index in [1.165, 1.54) is 21.8 Å². The number of amides is 1. The van der Waals surface area contributed by atoms with Crippen molar-refractivity contribution in [3.63, 3.8) is 0 Å². The number of rotatable bonds is 4. The first-order valence-electron chi connectivity index (χ1n) is 8.00. The molecule has 1 amide bonds. The molecule has 0 aliphatic carbocycles. The molecule has 0 bridgehead atoms. The standard InChI is InChI=1S/C20H17FIN3O/c1-13-11-15(14(2)25(13)17-9-7-16(22)8-10-17)12-23-24-20(26)18-5-3-4-6-19(18)21/h3-12H,1-2H3,(H,24,26)/b23-12-. The maximum atomic E-state index is 13.6. The third kappa shape index (κ3) is 3.85. The Hall–Kier alpha value is -2.48. The van der Waals surface area contributed by atoms with Crippen molar-refractivity contribution >= 4 is 34.7 Å². The fourth-order valence-electron chi connectivity index (χ4n) is 2.77. The molecule has 1 aromatic heterocycles. The van der Waals surface area contributed by atoms with Gasteiger partial charge in [-0.25, -0.2) is 9.82 Å². The lowest BCUT2D eigenvalue weighted by molar-refractivity contribution is 0.0951. The number of halogens is 2. The number of aromatic nitrogens is 1. The number of hydrazone groups is 1. The van der Waals surface area contributed by atoms with Crippen LogP contribution in [0.15, 0.2) is 59.7 Å². The van der Waals surface area contributed by atoms with Gasteiger partial charge in [0.25, 0.3) is 5.91 Å². The molecule has 1 heterocycles. The fraction of sp³-hybridized carbons (Fsp3) is 0.100. The molecule has 0 saturated heterocycles. The number of nitrogens with zero attached hydrogens (tertiary/aromatic N) is 2. The molecule has 0 saturated carbocycles. The Kier molecular flexibility index (Phi) is 5.51. The van der Waals surface area contributed by atoms with Gasteiger partial charge < -0.3 is 4.57 Å². The SMILES string of the molecule is Cc1cc(/C=N\NC(=O)c2ccccc2F)c(C)n1-c1ccc(I)cc1. The summed E-state index contributed by atoms with van der Waals surface area (Å²) in [5.74, 6) is -1.15. The van der Waals surface area contributed by atoms with Gasteiger partial charge in [-0.3, -0.25) is 4.79 Å². The Morgan fingerprint density at radius 1 is 1.15 bits per heavy atom. The Bertz CT molecular complexity index is 977. The number of benzene rings is 2. The minimum atomic E-state index is -0.578. The lowest BCUT2D eigenvalue weighted by atomic mass is 10.2. The number of carbonyl (C=O) groups excluding carboxylic acids is 1. The van der Waals surface area contributed by atoms with Crippen molar-refractivity contribution in [2.45, 2.75) is 13.8 Å². The second kappa shape index (κ2) is 7.82. The van der Waals surface area contributed by atoms with E-state index in [4.69, 9.17) is 0 Å². The minimum absolute atomic E-state index is 0.0333. The molecule has 132 valence electrons. The van der Waals surface area contributed by atoms with Crippen LogP contribution in [-0.2, 0) is 0 Å². The molecule has 0 fully saturated rings. The van der Waals surface area contributed by atoms with E-state index in [9.17, 15) is 9.18 Å². The van der Waals surface area contributed by atoms with Crippen LogP contribution in [0.3, 0.4) is 0 Å². The molecule has 0 aliphatic heterocycles. The lowest BCUT2D eigenvalue weighted by Crippen LogP contribution is -2.18. The predicted octanol–water partition coefficient (Wildman–Crippen LogP) is 4.60. The first kappa shape index (κ1) is 18.3. The van der Waals surface area contributed by atoms with Crippen LogP contribution in [0.5, 0.6) is 0 Å². The average Bonchev–Trinajstić information content (AvgIpc) is 2.90. The number of hydrogen-bond donors (Lipinski definition) is 1. The second-order valence-electron chi connectivity index (χ2n) is 5.82. The van der Waals surface area contributed by atoms with Gasteiger partial charge in [-0.05, 0) is 78.9 Å². The summed E-state index contributed by atoms with van der Waals surface area (Å²) in [4.78, 5) is 12.0. The number of hydrogen-bond acceptors (Lipinski definition) is 2. The summed E-state index contributed by atoms with van der Waals surface area (Å²) in [6.45, 7) is 4.01. The highest BCUT2D eigenvalue weighted by molar-refractivity contribution is 14.1. The van der Waals surface area contributed by atoms with E-state index in [1.807, 2.05) is 19.9 Å². The third-order valence-electron chi connectivity index (χ3n) is 4.04. The number of carbonyl (C=O) groups is 1. The predicted molar refractivity (Wildman–Crippen MR) is 109 cm³/mol. The molecule has 3 rings (SSSR count). The van der Waals surface area contributed by atoms with Gasteiger partial charge in [-0.2, -0.15) is 5.10 Å². The van der Waals surface area contributed by atoms with Crippen LogP contribution in [0.1, 0.15) is 27.3 Å². The molecule has 0 radical (unpaired) electrons. The minimum Gasteiger partial charge on any atom is -0.318 e. The van der Waals surface area contributed by atoms with Gasteiger partial charge in [0.2, 0.25) is 0 Å². The highest BCUT2D eigenvalue weighted by Crippen LogP contribution is 2.20. The van der Waals surface area contributed by atoms with Crippen LogP contribution in [0.2, 0.25) is 0 Å². The summed E-state index contributed by atoms with van der Waals surface area (Å²) in [5.41, 5.74) is 6.36. The summed E-state index contributed by atoms with van der Waals surface area (Å²) in [7, 11) is 0. The fourth-order valence-corrected chi connectivity index (χ4v) is 3.13. The van der Waals surface area contributed by atoms with Crippen LogP contribution in [-0.4, -0.2) is 16.7 Å². The van der Waals surface area contributed by atoms with Gasteiger partial charge in [0.15, 0.2) is 0 Å². The van der Waals surface area contributed by atoms with E-state index in [0.717, 1.165) is 22.6 Å². The molecule has 4 nitrogen and oxygen atoms in total. The Morgan fingerprint density at radius 3 is 2.54 bits per heavy atom. The zero-order valence-electron chi connectivity index (χ0n) is 14.3. The van der Waals surface area contributed by atoms with Crippen molar-refractivity contribution in [1.82, 2.24) is 9.99 Å². The Balaban J connectivity index is 1.79. The summed E-state index contributed by atoms with van der Waals surface area (Å²) in [6.07, 6.45) is 1.57. The van der Waals surface area contributed by atoms with Crippen molar-refractivity contribution in [3.05, 3.63) is 86.5 Å². The molecule has 1 N–H and O–H groups in total. The molecule has 6 heteroatoms. The van der Waals surface area contributed by atoms with E-state index in [-0.39, 0.29) is 5.56 Å². The average molecular weight is 461 g/mol. The number of aryl methyl sites for hydroxylation is 1. The highest BCUT2D eigenvalue weighted by Gasteiger charge is 2.11. The molecule has 0 aliphatic rings. The number of nitrogens with one attached hydrogen (secondary N) is 1. The van der Waals surface area contributed by atoms with Crippen molar-refractivity contribution in [1.29, 1.82) is 0 Å². The van der Waals surface area contributed by atoms with Gasteiger partial charge in [0.1, 0.15) is 5.82 Å². The smallest absolute Gasteiger partial charge is 0.274 e. The molecule has 2 aromatic carbocycles. The Morgan fingerprint density at radius 2 is 1.85 bits per heavy atom. The molecule has 0 atom stereocenters. The topological polar surface area (TPSA) is 46.4 Å². The van der Waals surface area contributed by atoms with E-state index in [0.29, 0.717) is 0 Å². The molecule has 26 heavy (non-hydrogen) atoms. The maximum Gasteiger partial charge on any atom is 0.274 e.